The first kappa shape index (κ1) is 20.9. The van der Waals surface area contributed by atoms with Gasteiger partial charge in [0.2, 0.25) is 0 Å². The third kappa shape index (κ3) is 2.90. The molecule has 0 amide bonds. The Labute approximate surface area is 225 Å². The summed E-state index contributed by atoms with van der Waals surface area (Å²) in [5, 5.41) is 12.4. The molecule has 0 bridgehead atoms. The minimum Gasteiger partial charge on any atom is -0.455 e. The summed E-state index contributed by atoms with van der Waals surface area (Å²) in [4.78, 5) is 0. The quantitative estimate of drug-likeness (QED) is 0.163. The maximum Gasteiger partial charge on any atom is 0.143 e. The molecule has 0 radical (unpaired) electrons. The fraction of sp³-hybridized carbons (Fsp3) is 0. The van der Waals surface area contributed by atoms with Crippen molar-refractivity contribution in [2.24, 2.45) is 0 Å². The average Bonchev–Trinajstić information content (AvgIpc) is 3.00. The van der Waals surface area contributed by atoms with Crippen LogP contribution in [0.2, 0.25) is 0 Å². The van der Waals surface area contributed by atoms with Crippen LogP contribution >= 0.6 is 0 Å². The maximum absolute atomic E-state index is 6.64. The zero-order valence-corrected chi connectivity index (χ0v) is 21.1. The number of hydrogen-bond acceptors (Lipinski definition) is 1. The predicted molar refractivity (Wildman–Crippen MR) is 165 cm³/mol. The predicted octanol–water partition coefficient (Wildman–Crippen LogP) is 10.9. The Kier molecular flexibility index (Phi) is 4.11. The fourth-order valence-electron chi connectivity index (χ4n) is 6.61. The second-order valence-electron chi connectivity index (χ2n) is 10.5. The third-order valence-electron chi connectivity index (χ3n) is 8.42. The van der Waals surface area contributed by atoms with Gasteiger partial charge in [0.1, 0.15) is 11.5 Å². The molecule has 1 nitrogen and oxygen atoms in total. The Bertz CT molecular complexity index is 2310. The lowest BCUT2D eigenvalue weighted by Crippen LogP contribution is -1.99. The monoisotopic (exact) mass is 494 g/mol. The molecule has 0 atom stereocenters. The Balaban J connectivity index is 1.32. The van der Waals surface area contributed by atoms with E-state index in [1.165, 1.54) is 65.2 Å². The van der Waals surface area contributed by atoms with Gasteiger partial charge >= 0.3 is 0 Å². The van der Waals surface area contributed by atoms with Gasteiger partial charge in [-0.05, 0) is 84.0 Å². The Morgan fingerprint density at radius 2 is 1.00 bits per heavy atom. The van der Waals surface area contributed by atoms with Gasteiger partial charge in [0.15, 0.2) is 0 Å². The van der Waals surface area contributed by atoms with Crippen LogP contribution in [0.4, 0.5) is 0 Å². The first-order chi connectivity index (χ1) is 19.3. The molecule has 180 valence electrons. The summed E-state index contributed by atoms with van der Waals surface area (Å²) in [6.07, 6.45) is 0. The van der Waals surface area contributed by atoms with E-state index in [1.807, 2.05) is 0 Å². The highest BCUT2D eigenvalue weighted by atomic mass is 16.5. The number of hydrogen-bond donors (Lipinski definition) is 0. The van der Waals surface area contributed by atoms with Crippen LogP contribution in [-0.4, -0.2) is 0 Å². The number of fused-ring (bicyclic) bond motifs is 8. The van der Waals surface area contributed by atoms with Crippen molar-refractivity contribution >= 4 is 53.9 Å². The Hall–Kier alpha value is -5.14. The SMILES string of the molecule is c1ccc2cc3c(ccc4c(-c5ccc6c7c(cccc57)-c5ccc7ccccc7c5O6)cccc43)cc2c1. The van der Waals surface area contributed by atoms with Crippen LogP contribution in [0.15, 0.2) is 133 Å². The highest BCUT2D eigenvalue weighted by Crippen LogP contribution is 2.51. The molecular weight excluding hydrogens is 472 g/mol. The number of rotatable bonds is 1. The summed E-state index contributed by atoms with van der Waals surface area (Å²) in [5.41, 5.74) is 4.86. The molecule has 0 aromatic heterocycles. The minimum atomic E-state index is 0.922. The first-order valence-electron chi connectivity index (χ1n) is 13.4. The van der Waals surface area contributed by atoms with E-state index in [0.29, 0.717) is 0 Å². The van der Waals surface area contributed by atoms with Crippen molar-refractivity contribution in [3.05, 3.63) is 133 Å². The molecule has 1 aliphatic rings. The van der Waals surface area contributed by atoms with E-state index in [1.54, 1.807) is 0 Å². The van der Waals surface area contributed by atoms with Crippen molar-refractivity contribution < 1.29 is 4.74 Å². The van der Waals surface area contributed by atoms with Gasteiger partial charge in [-0.2, -0.15) is 0 Å². The summed E-state index contributed by atoms with van der Waals surface area (Å²) in [6.45, 7) is 0. The van der Waals surface area contributed by atoms with E-state index in [9.17, 15) is 0 Å². The van der Waals surface area contributed by atoms with Gasteiger partial charge in [0, 0.05) is 16.3 Å². The molecular formula is C38H22O. The lowest BCUT2D eigenvalue weighted by atomic mass is 9.87. The van der Waals surface area contributed by atoms with E-state index in [-0.39, 0.29) is 0 Å². The highest BCUT2D eigenvalue weighted by molar-refractivity contribution is 6.18. The second kappa shape index (κ2) is 7.69. The summed E-state index contributed by atoms with van der Waals surface area (Å²) in [5.74, 6) is 1.87. The van der Waals surface area contributed by atoms with Crippen molar-refractivity contribution in [1.82, 2.24) is 0 Å². The van der Waals surface area contributed by atoms with Gasteiger partial charge in [-0.1, -0.05) is 109 Å². The van der Waals surface area contributed by atoms with Crippen LogP contribution in [0.5, 0.6) is 11.5 Å². The average molecular weight is 495 g/mol. The van der Waals surface area contributed by atoms with E-state index in [2.05, 4.69) is 133 Å². The standard InChI is InChI=1S/C38H22O/c1-2-9-25-22-35-26(21-24(25)8-1)16-17-30-28(11-5-12-29(30)35)31-19-20-36-37-32(31)13-6-14-33(37)34-18-15-23-7-3-4-10-27(23)38(34)39-36/h1-22H. The van der Waals surface area contributed by atoms with E-state index >= 15 is 0 Å². The van der Waals surface area contributed by atoms with Crippen LogP contribution < -0.4 is 4.74 Å². The second-order valence-corrected chi connectivity index (χ2v) is 10.5. The molecule has 1 heterocycles. The summed E-state index contributed by atoms with van der Waals surface area (Å²) >= 11 is 0. The van der Waals surface area contributed by atoms with Gasteiger partial charge in [-0.3, -0.25) is 0 Å². The molecule has 0 saturated carbocycles. The Morgan fingerprint density at radius 3 is 1.90 bits per heavy atom. The molecule has 1 heteroatoms. The van der Waals surface area contributed by atoms with Crippen molar-refractivity contribution in [2.45, 2.75) is 0 Å². The van der Waals surface area contributed by atoms with Crippen LogP contribution in [0.1, 0.15) is 0 Å². The summed E-state index contributed by atoms with van der Waals surface area (Å²) in [7, 11) is 0. The highest BCUT2D eigenvalue weighted by Gasteiger charge is 2.23. The molecule has 0 N–H and O–H groups in total. The van der Waals surface area contributed by atoms with Crippen molar-refractivity contribution in [1.29, 1.82) is 0 Å². The van der Waals surface area contributed by atoms with Gasteiger partial charge in [-0.15, -0.1) is 0 Å². The van der Waals surface area contributed by atoms with Crippen LogP contribution in [-0.2, 0) is 0 Å². The largest absolute Gasteiger partial charge is 0.455 e. The lowest BCUT2D eigenvalue weighted by Gasteiger charge is -2.24. The molecule has 39 heavy (non-hydrogen) atoms. The molecule has 0 fully saturated rings. The van der Waals surface area contributed by atoms with Crippen molar-refractivity contribution in [3.8, 4) is 33.8 Å². The summed E-state index contributed by atoms with van der Waals surface area (Å²) in [6, 6.07) is 48.4. The van der Waals surface area contributed by atoms with Gasteiger partial charge in [0.05, 0.1) is 0 Å². The molecule has 9 rings (SSSR count). The number of benzene rings is 8. The molecule has 0 saturated heterocycles. The number of ether oxygens (including phenoxy) is 1. The minimum absolute atomic E-state index is 0.922. The van der Waals surface area contributed by atoms with E-state index in [4.69, 9.17) is 4.74 Å². The molecule has 0 spiro atoms. The van der Waals surface area contributed by atoms with Gasteiger partial charge in [0.25, 0.3) is 0 Å². The van der Waals surface area contributed by atoms with Crippen LogP contribution in [0.25, 0.3) is 76.1 Å². The fourth-order valence-corrected chi connectivity index (χ4v) is 6.61. The topological polar surface area (TPSA) is 9.23 Å². The molecule has 0 aliphatic carbocycles. The molecule has 8 aromatic carbocycles. The molecule has 0 unspecified atom stereocenters. The molecule has 8 aromatic rings. The van der Waals surface area contributed by atoms with Crippen LogP contribution in [0.3, 0.4) is 0 Å². The van der Waals surface area contributed by atoms with Crippen molar-refractivity contribution in [3.63, 3.8) is 0 Å². The zero-order chi connectivity index (χ0) is 25.5. The van der Waals surface area contributed by atoms with E-state index in [0.717, 1.165) is 22.4 Å². The first-order valence-corrected chi connectivity index (χ1v) is 13.4. The van der Waals surface area contributed by atoms with Gasteiger partial charge in [-0.25, -0.2) is 0 Å². The van der Waals surface area contributed by atoms with E-state index < -0.39 is 0 Å². The van der Waals surface area contributed by atoms with Crippen molar-refractivity contribution in [2.75, 3.05) is 0 Å². The third-order valence-corrected chi connectivity index (χ3v) is 8.42. The normalized spacial score (nSPS) is 12.3. The smallest absolute Gasteiger partial charge is 0.143 e. The molecule has 1 aliphatic heterocycles. The Morgan fingerprint density at radius 1 is 0.333 bits per heavy atom. The van der Waals surface area contributed by atoms with Gasteiger partial charge < -0.3 is 4.74 Å². The lowest BCUT2D eigenvalue weighted by molar-refractivity contribution is 0.493. The summed E-state index contributed by atoms with van der Waals surface area (Å²) < 4.78 is 6.64. The maximum atomic E-state index is 6.64. The zero-order valence-electron chi connectivity index (χ0n) is 21.1. The van der Waals surface area contributed by atoms with Crippen LogP contribution in [0, 0.1) is 0 Å².